The average Bonchev–Trinajstić information content (AvgIpc) is 3.31. The molecule has 5 rings (SSSR count). The van der Waals surface area contributed by atoms with Crippen molar-refractivity contribution in [1.82, 2.24) is 9.80 Å². The van der Waals surface area contributed by atoms with Crippen LogP contribution in [0.25, 0.3) is 0 Å². The molecule has 0 bridgehead atoms. The van der Waals surface area contributed by atoms with Crippen molar-refractivity contribution < 1.29 is 0 Å². The van der Waals surface area contributed by atoms with Crippen LogP contribution in [0.5, 0.6) is 0 Å². The predicted molar refractivity (Wildman–Crippen MR) is 102 cm³/mol. The zero-order valence-corrected chi connectivity index (χ0v) is 15.9. The fourth-order valence-electron chi connectivity index (χ4n) is 6.57. The van der Waals surface area contributed by atoms with E-state index < -0.39 is 0 Å². The molecule has 0 aromatic carbocycles. The first-order valence-corrected chi connectivity index (χ1v) is 11.4. The molecule has 2 heteroatoms. The molecular formula is C22H40N2. The lowest BCUT2D eigenvalue weighted by molar-refractivity contribution is 0.0639. The van der Waals surface area contributed by atoms with Crippen LogP contribution in [-0.4, -0.2) is 47.6 Å². The van der Waals surface area contributed by atoms with Crippen molar-refractivity contribution in [2.75, 3.05) is 19.6 Å². The standard InChI is InChI=1S/C14H25N.C8H15N/c1-2-6-12(7-3-1)14-10-4-8-13-9-5-11-15(13)14;1-2-6-9-7-3-5-8(9)4-1/h12-14H,1-11H2;8H,1-7H2. The highest BCUT2D eigenvalue weighted by molar-refractivity contribution is 4.92. The molecule has 24 heavy (non-hydrogen) atoms. The van der Waals surface area contributed by atoms with Gasteiger partial charge in [0.05, 0.1) is 0 Å². The molecule has 138 valence electrons. The first-order chi connectivity index (χ1) is 11.9. The second-order valence-corrected chi connectivity index (χ2v) is 9.26. The molecule has 0 amide bonds. The molecule has 1 aliphatic carbocycles. The highest BCUT2D eigenvalue weighted by Crippen LogP contribution is 2.39. The maximum Gasteiger partial charge on any atom is 0.0126 e. The van der Waals surface area contributed by atoms with Crippen LogP contribution in [0.3, 0.4) is 0 Å². The van der Waals surface area contributed by atoms with Crippen LogP contribution in [0, 0.1) is 5.92 Å². The van der Waals surface area contributed by atoms with Crippen LogP contribution in [-0.2, 0) is 0 Å². The lowest BCUT2D eigenvalue weighted by atomic mass is 9.79. The topological polar surface area (TPSA) is 6.48 Å². The Hall–Kier alpha value is -0.0800. The Balaban J connectivity index is 0.000000138. The Bertz CT molecular complexity index is 364. The molecule has 4 heterocycles. The minimum Gasteiger partial charge on any atom is -0.300 e. The van der Waals surface area contributed by atoms with Gasteiger partial charge in [0.15, 0.2) is 0 Å². The molecule has 5 fully saturated rings. The number of hydrogen-bond donors (Lipinski definition) is 0. The van der Waals surface area contributed by atoms with Gasteiger partial charge in [-0.3, -0.25) is 4.90 Å². The smallest absolute Gasteiger partial charge is 0.0126 e. The van der Waals surface area contributed by atoms with Gasteiger partial charge in [-0.25, -0.2) is 0 Å². The van der Waals surface area contributed by atoms with Gasteiger partial charge in [-0.1, -0.05) is 32.1 Å². The maximum atomic E-state index is 2.90. The van der Waals surface area contributed by atoms with Crippen molar-refractivity contribution in [1.29, 1.82) is 0 Å². The normalized spacial score (nSPS) is 38.2. The summed E-state index contributed by atoms with van der Waals surface area (Å²) < 4.78 is 0. The highest BCUT2D eigenvalue weighted by atomic mass is 15.2. The molecule has 3 unspecified atom stereocenters. The summed E-state index contributed by atoms with van der Waals surface area (Å²) >= 11 is 0. The summed E-state index contributed by atoms with van der Waals surface area (Å²) in [5, 5.41) is 0. The molecule has 0 aromatic rings. The fourth-order valence-corrected chi connectivity index (χ4v) is 6.57. The van der Waals surface area contributed by atoms with E-state index >= 15 is 0 Å². The second kappa shape index (κ2) is 8.54. The summed E-state index contributed by atoms with van der Waals surface area (Å²) in [6, 6.07) is 2.98. The van der Waals surface area contributed by atoms with Gasteiger partial charge in [0.1, 0.15) is 0 Å². The molecule has 0 N–H and O–H groups in total. The van der Waals surface area contributed by atoms with Crippen LogP contribution < -0.4 is 0 Å². The average molecular weight is 333 g/mol. The lowest BCUT2D eigenvalue weighted by Gasteiger charge is -2.43. The molecular weight excluding hydrogens is 292 g/mol. The summed E-state index contributed by atoms with van der Waals surface area (Å²) in [6.07, 6.45) is 22.5. The molecule has 0 aromatic heterocycles. The van der Waals surface area contributed by atoms with Crippen molar-refractivity contribution in [3.63, 3.8) is 0 Å². The van der Waals surface area contributed by atoms with Gasteiger partial charge in [0.2, 0.25) is 0 Å². The molecule has 4 saturated heterocycles. The zero-order valence-electron chi connectivity index (χ0n) is 15.9. The largest absolute Gasteiger partial charge is 0.300 e. The first kappa shape index (κ1) is 17.3. The predicted octanol–water partition coefficient (Wildman–Crippen LogP) is 5.22. The van der Waals surface area contributed by atoms with E-state index in [4.69, 9.17) is 0 Å². The summed E-state index contributed by atoms with van der Waals surface area (Å²) in [5.74, 6) is 1.07. The lowest BCUT2D eigenvalue weighted by Crippen LogP contribution is -2.47. The number of nitrogens with zero attached hydrogens (tertiary/aromatic N) is 2. The first-order valence-electron chi connectivity index (χ1n) is 11.4. The van der Waals surface area contributed by atoms with E-state index in [9.17, 15) is 0 Å². The highest BCUT2D eigenvalue weighted by Gasteiger charge is 2.37. The third-order valence-corrected chi connectivity index (χ3v) is 7.81. The quantitative estimate of drug-likeness (QED) is 0.649. The monoisotopic (exact) mass is 332 g/mol. The van der Waals surface area contributed by atoms with Gasteiger partial charge in [-0.15, -0.1) is 0 Å². The van der Waals surface area contributed by atoms with Crippen LogP contribution in [0.2, 0.25) is 0 Å². The molecule has 5 aliphatic rings. The zero-order chi connectivity index (χ0) is 16.2. The summed E-state index contributed by atoms with van der Waals surface area (Å²) in [4.78, 5) is 5.57. The van der Waals surface area contributed by atoms with Crippen molar-refractivity contribution in [2.45, 2.75) is 114 Å². The number of hydrogen-bond acceptors (Lipinski definition) is 2. The third kappa shape index (κ3) is 4.01. The van der Waals surface area contributed by atoms with E-state index in [1.807, 2.05) is 0 Å². The minimum absolute atomic E-state index is 0.991. The third-order valence-electron chi connectivity index (χ3n) is 7.81. The molecule has 0 spiro atoms. The summed E-state index contributed by atoms with van der Waals surface area (Å²) in [5.41, 5.74) is 0. The van der Waals surface area contributed by atoms with Gasteiger partial charge in [-0.05, 0) is 89.8 Å². The Morgan fingerprint density at radius 2 is 1.12 bits per heavy atom. The van der Waals surface area contributed by atoms with Crippen LogP contribution in [0.1, 0.15) is 96.3 Å². The van der Waals surface area contributed by atoms with Gasteiger partial charge in [0.25, 0.3) is 0 Å². The van der Waals surface area contributed by atoms with E-state index in [0.717, 1.165) is 24.0 Å². The van der Waals surface area contributed by atoms with Crippen molar-refractivity contribution >= 4 is 0 Å². The van der Waals surface area contributed by atoms with Crippen molar-refractivity contribution in [3.8, 4) is 0 Å². The minimum atomic E-state index is 0.991. The molecule has 1 saturated carbocycles. The molecule has 4 aliphatic heterocycles. The van der Waals surface area contributed by atoms with Gasteiger partial charge in [-0.2, -0.15) is 0 Å². The van der Waals surface area contributed by atoms with Gasteiger partial charge < -0.3 is 4.90 Å². The van der Waals surface area contributed by atoms with Crippen LogP contribution in [0.4, 0.5) is 0 Å². The van der Waals surface area contributed by atoms with E-state index in [0.29, 0.717) is 0 Å². The molecule has 0 radical (unpaired) electrons. The van der Waals surface area contributed by atoms with Crippen molar-refractivity contribution in [2.24, 2.45) is 5.92 Å². The van der Waals surface area contributed by atoms with E-state index in [1.165, 1.54) is 116 Å². The Labute approximate surface area is 150 Å². The maximum absolute atomic E-state index is 2.90. The van der Waals surface area contributed by atoms with Crippen LogP contribution in [0.15, 0.2) is 0 Å². The summed E-state index contributed by atoms with van der Waals surface area (Å²) in [6.45, 7) is 4.21. The molecule has 3 atom stereocenters. The molecule has 2 nitrogen and oxygen atoms in total. The number of fused-ring (bicyclic) bond motifs is 2. The van der Waals surface area contributed by atoms with E-state index in [2.05, 4.69) is 9.80 Å². The fraction of sp³-hybridized carbons (Fsp3) is 1.00. The Morgan fingerprint density at radius 3 is 2.00 bits per heavy atom. The van der Waals surface area contributed by atoms with Gasteiger partial charge in [0, 0.05) is 18.1 Å². The Kier molecular flexibility index (Phi) is 6.17. The van der Waals surface area contributed by atoms with E-state index in [-0.39, 0.29) is 0 Å². The van der Waals surface area contributed by atoms with Crippen molar-refractivity contribution in [3.05, 3.63) is 0 Å². The Morgan fingerprint density at radius 1 is 0.458 bits per heavy atom. The van der Waals surface area contributed by atoms with Gasteiger partial charge >= 0.3 is 0 Å². The number of rotatable bonds is 1. The van der Waals surface area contributed by atoms with Crippen LogP contribution >= 0.6 is 0 Å². The number of piperidine rings is 2. The second-order valence-electron chi connectivity index (χ2n) is 9.26. The SMILES string of the molecule is C1CCC(C2CCCC3CCCN32)CC1.C1CCN2CCCC2C1. The van der Waals surface area contributed by atoms with E-state index in [1.54, 1.807) is 0 Å². The summed E-state index contributed by atoms with van der Waals surface area (Å²) in [7, 11) is 0.